The van der Waals surface area contributed by atoms with Gasteiger partial charge in [-0.1, -0.05) is 17.7 Å². The Morgan fingerprint density at radius 1 is 1.32 bits per heavy atom. The summed E-state index contributed by atoms with van der Waals surface area (Å²) in [5, 5.41) is 2.77. The molecule has 2 atom stereocenters. The molecule has 0 aromatic heterocycles. The highest BCUT2D eigenvalue weighted by Gasteiger charge is 2.39. The predicted molar refractivity (Wildman–Crippen MR) is 94.6 cm³/mol. The number of likely N-dealkylation sites (tertiary alicyclic amines) is 1. The van der Waals surface area contributed by atoms with Gasteiger partial charge in [0.1, 0.15) is 6.04 Å². The molecule has 0 bridgehead atoms. The first kappa shape index (κ1) is 18.4. The van der Waals surface area contributed by atoms with E-state index >= 15 is 0 Å². The minimum atomic E-state index is -0.782. The third-order valence-electron chi connectivity index (χ3n) is 4.08. The monoisotopic (exact) mass is 345 g/mol. The Balaban J connectivity index is 1.99. The number of nitrogens with one attached hydrogen (secondary N) is 1. The van der Waals surface area contributed by atoms with Crippen LogP contribution in [-0.2, 0) is 14.4 Å². The van der Waals surface area contributed by atoms with Crippen molar-refractivity contribution >= 4 is 29.4 Å². The fourth-order valence-corrected chi connectivity index (χ4v) is 2.79. The lowest BCUT2D eigenvalue weighted by atomic mass is 9.94. The molecule has 1 aromatic rings. The number of β-lactam (4-membered cyclic amide) rings is 1. The number of nitrogens with two attached hydrogens (primary N) is 2. The van der Waals surface area contributed by atoms with E-state index in [0.717, 1.165) is 5.56 Å². The van der Waals surface area contributed by atoms with Crippen LogP contribution in [0.5, 0.6) is 0 Å². The second-order valence-electron chi connectivity index (χ2n) is 6.14. The molecule has 2 rings (SSSR count). The normalized spacial score (nSPS) is 17.4. The summed E-state index contributed by atoms with van der Waals surface area (Å²) in [6.45, 7) is 3.30. The topological polar surface area (TPSA) is 131 Å². The molecule has 0 spiro atoms. The lowest BCUT2D eigenvalue weighted by Crippen LogP contribution is -2.55. The van der Waals surface area contributed by atoms with Crippen molar-refractivity contribution < 1.29 is 14.4 Å². The maximum Gasteiger partial charge on any atom is 0.249 e. The van der Waals surface area contributed by atoms with Gasteiger partial charge in [-0.3, -0.25) is 19.3 Å². The zero-order valence-corrected chi connectivity index (χ0v) is 14.4. The number of imide groups is 1. The molecule has 134 valence electrons. The van der Waals surface area contributed by atoms with Gasteiger partial charge in [0.2, 0.25) is 17.7 Å². The van der Waals surface area contributed by atoms with Crippen molar-refractivity contribution in [2.45, 2.75) is 45.2 Å². The van der Waals surface area contributed by atoms with Crippen molar-refractivity contribution in [2.75, 3.05) is 5.32 Å². The van der Waals surface area contributed by atoms with Crippen LogP contribution >= 0.6 is 0 Å². The van der Waals surface area contributed by atoms with Crippen LogP contribution in [0.15, 0.2) is 29.3 Å². The van der Waals surface area contributed by atoms with Gasteiger partial charge in [-0.25, -0.2) is 4.99 Å². The predicted octanol–water partition coefficient (Wildman–Crippen LogP) is 0.503. The summed E-state index contributed by atoms with van der Waals surface area (Å²) in [5.41, 5.74) is 12.6. The maximum absolute atomic E-state index is 12.5. The fourth-order valence-electron chi connectivity index (χ4n) is 2.79. The van der Waals surface area contributed by atoms with Gasteiger partial charge < -0.3 is 16.8 Å². The quantitative estimate of drug-likeness (QED) is 0.392. The maximum atomic E-state index is 12.5. The average molecular weight is 345 g/mol. The molecule has 5 N–H and O–H groups in total. The van der Waals surface area contributed by atoms with E-state index in [9.17, 15) is 14.4 Å². The van der Waals surface area contributed by atoms with E-state index in [4.69, 9.17) is 11.5 Å². The second kappa shape index (κ2) is 7.78. The van der Waals surface area contributed by atoms with Gasteiger partial charge in [-0.15, -0.1) is 0 Å². The first-order valence-electron chi connectivity index (χ1n) is 8.07. The summed E-state index contributed by atoms with van der Waals surface area (Å²) in [5.74, 6) is -1.00. The zero-order chi connectivity index (χ0) is 18.6. The van der Waals surface area contributed by atoms with Crippen LogP contribution in [-0.4, -0.2) is 40.7 Å². The third-order valence-corrected chi connectivity index (χ3v) is 4.08. The Bertz CT molecular complexity index is 687. The van der Waals surface area contributed by atoms with Crippen LogP contribution < -0.4 is 16.8 Å². The Morgan fingerprint density at radius 3 is 2.48 bits per heavy atom. The number of amides is 3. The molecule has 1 aromatic carbocycles. The van der Waals surface area contributed by atoms with E-state index in [0.29, 0.717) is 24.9 Å². The van der Waals surface area contributed by atoms with Gasteiger partial charge >= 0.3 is 0 Å². The summed E-state index contributed by atoms with van der Waals surface area (Å²) in [7, 11) is 0. The van der Waals surface area contributed by atoms with E-state index in [-0.39, 0.29) is 29.7 Å². The van der Waals surface area contributed by atoms with E-state index in [1.54, 1.807) is 12.1 Å². The van der Waals surface area contributed by atoms with Crippen molar-refractivity contribution in [2.24, 2.45) is 16.5 Å². The van der Waals surface area contributed by atoms with Gasteiger partial charge in [-0.2, -0.15) is 0 Å². The average Bonchev–Trinajstić information content (AvgIpc) is 2.50. The number of carbonyl (C=O) groups is 3. The molecule has 1 aliphatic heterocycles. The number of hydrogen-bond acceptors (Lipinski definition) is 4. The van der Waals surface area contributed by atoms with Crippen LogP contribution in [0, 0.1) is 6.92 Å². The summed E-state index contributed by atoms with van der Waals surface area (Å²) >= 11 is 0. The lowest BCUT2D eigenvalue weighted by molar-refractivity contribution is -0.157. The minimum Gasteiger partial charge on any atom is -0.370 e. The SMILES string of the molecule is CC(=O)N1C(=O)CC1CCC(N=C(N)N)C(=O)Nc1ccc(C)cc1. The van der Waals surface area contributed by atoms with Crippen LogP contribution in [0.2, 0.25) is 0 Å². The number of aryl methyl sites for hydroxylation is 1. The second-order valence-corrected chi connectivity index (χ2v) is 6.14. The highest BCUT2D eigenvalue weighted by molar-refractivity contribution is 5.99. The molecular formula is C17H23N5O3. The molecule has 2 unspecified atom stereocenters. The van der Waals surface area contributed by atoms with E-state index < -0.39 is 6.04 Å². The molecule has 1 aliphatic rings. The van der Waals surface area contributed by atoms with Crippen molar-refractivity contribution in [3.8, 4) is 0 Å². The summed E-state index contributed by atoms with van der Waals surface area (Å²) in [6, 6.07) is 6.37. The molecule has 3 amide bonds. The Kier molecular flexibility index (Phi) is 5.74. The number of anilines is 1. The number of rotatable bonds is 6. The van der Waals surface area contributed by atoms with E-state index in [2.05, 4.69) is 10.3 Å². The standard InChI is InChI=1S/C17H23N5O3/c1-10-3-5-12(6-4-10)20-16(25)14(21-17(18)19)8-7-13-9-15(24)22(13)11(2)23/h3-6,13-14H,7-9H2,1-2H3,(H,20,25)(H4,18,19,21). The summed E-state index contributed by atoms with van der Waals surface area (Å²) in [6.07, 6.45) is 1.10. The smallest absolute Gasteiger partial charge is 0.249 e. The molecule has 1 fully saturated rings. The molecule has 0 radical (unpaired) electrons. The van der Waals surface area contributed by atoms with Crippen LogP contribution in [0.25, 0.3) is 0 Å². The first-order chi connectivity index (χ1) is 11.8. The van der Waals surface area contributed by atoms with Crippen LogP contribution in [0.1, 0.15) is 31.7 Å². The summed E-state index contributed by atoms with van der Waals surface area (Å²) in [4.78, 5) is 40.5. The third kappa shape index (κ3) is 4.79. The number of carbonyl (C=O) groups excluding carboxylic acids is 3. The van der Waals surface area contributed by atoms with Crippen molar-refractivity contribution in [3.05, 3.63) is 29.8 Å². The highest BCUT2D eigenvalue weighted by Crippen LogP contribution is 2.25. The molecule has 1 saturated heterocycles. The largest absolute Gasteiger partial charge is 0.370 e. The lowest BCUT2D eigenvalue weighted by Gasteiger charge is -2.38. The van der Waals surface area contributed by atoms with Crippen molar-refractivity contribution in [1.29, 1.82) is 0 Å². The fraction of sp³-hybridized carbons (Fsp3) is 0.412. The number of hydrogen-bond donors (Lipinski definition) is 3. The van der Waals surface area contributed by atoms with Crippen molar-refractivity contribution in [1.82, 2.24) is 4.90 Å². The van der Waals surface area contributed by atoms with Crippen molar-refractivity contribution in [3.63, 3.8) is 0 Å². The van der Waals surface area contributed by atoms with E-state index in [1.807, 2.05) is 19.1 Å². The minimum absolute atomic E-state index is 0.183. The van der Waals surface area contributed by atoms with Gasteiger partial charge in [0, 0.05) is 25.1 Å². The Morgan fingerprint density at radius 2 is 1.96 bits per heavy atom. The number of nitrogens with zero attached hydrogens (tertiary/aromatic N) is 2. The molecule has 25 heavy (non-hydrogen) atoms. The number of guanidine groups is 1. The van der Waals surface area contributed by atoms with E-state index in [1.165, 1.54) is 11.8 Å². The molecule has 8 nitrogen and oxygen atoms in total. The Labute approximate surface area is 146 Å². The summed E-state index contributed by atoms with van der Waals surface area (Å²) < 4.78 is 0. The van der Waals surface area contributed by atoms with Gasteiger partial charge in [0.05, 0.1) is 0 Å². The van der Waals surface area contributed by atoms with Gasteiger partial charge in [-0.05, 0) is 31.9 Å². The van der Waals surface area contributed by atoms with Gasteiger partial charge in [0.25, 0.3) is 0 Å². The number of aliphatic imine (C=N–C) groups is 1. The molecule has 0 saturated carbocycles. The first-order valence-corrected chi connectivity index (χ1v) is 8.07. The Hall–Kier alpha value is -2.90. The van der Waals surface area contributed by atoms with Crippen LogP contribution in [0.3, 0.4) is 0 Å². The molecular weight excluding hydrogens is 322 g/mol. The zero-order valence-electron chi connectivity index (χ0n) is 14.4. The highest BCUT2D eigenvalue weighted by atomic mass is 16.2. The molecule has 0 aliphatic carbocycles. The van der Waals surface area contributed by atoms with Gasteiger partial charge in [0.15, 0.2) is 5.96 Å². The molecule has 1 heterocycles. The molecule has 8 heteroatoms. The number of benzene rings is 1. The van der Waals surface area contributed by atoms with Crippen LogP contribution in [0.4, 0.5) is 5.69 Å².